The Morgan fingerprint density at radius 2 is 2.00 bits per heavy atom. The number of rotatable bonds is 5. The second kappa shape index (κ2) is 8.74. The van der Waals surface area contributed by atoms with Crippen LogP contribution >= 0.6 is 0 Å². The first-order valence-corrected chi connectivity index (χ1v) is 10.6. The summed E-state index contributed by atoms with van der Waals surface area (Å²) in [5.41, 5.74) is 1.18. The van der Waals surface area contributed by atoms with Gasteiger partial charge in [0.25, 0.3) is 5.91 Å². The van der Waals surface area contributed by atoms with Crippen LogP contribution in [-0.2, 0) is 0 Å². The predicted molar refractivity (Wildman–Crippen MR) is 113 cm³/mol. The summed E-state index contributed by atoms with van der Waals surface area (Å²) in [6.45, 7) is 6.13. The molecule has 2 saturated heterocycles. The lowest BCUT2D eigenvalue weighted by molar-refractivity contribution is -0.158. The van der Waals surface area contributed by atoms with Crippen molar-refractivity contribution < 1.29 is 18.3 Å². The number of nitrogens with one attached hydrogen (secondary N) is 1. The zero-order valence-corrected chi connectivity index (χ0v) is 17.8. The molecule has 1 unspecified atom stereocenters. The number of anilines is 2. The molecule has 2 aromatic heterocycles. The van der Waals surface area contributed by atoms with Crippen molar-refractivity contribution in [2.24, 2.45) is 0 Å². The summed E-state index contributed by atoms with van der Waals surface area (Å²) in [5, 5.41) is 2.98. The molecule has 4 rings (SSSR count). The number of hydrogen-bond acceptors (Lipinski definition) is 6. The van der Waals surface area contributed by atoms with Crippen LogP contribution in [-0.4, -0.2) is 64.0 Å². The average Bonchev–Trinajstić information content (AvgIpc) is 3.04. The smallest absolute Gasteiger partial charge is 0.394 e. The van der Waals surface area contributed by atoms with Gasteiger partial charge in [-0.15, -0.1) is 0 Å². The summed E-state index contributed by atoms with van der Waals surface area (Å²) in [4.78, 5) is 26.3. The van der Waals surface area contributed by atoms with Crippen molar-refractivity contribution in [3.05, 3.63) is 41.7 Å². The topological polar surface area (TPSA) is 70.6 Å². The maximum Gasteiger partial charge on any atom is 0.394 e. The van der Waals surface area contributed by atoms with Gasteiger partial charge in [-0.2, -0.15) is 8.78 Å². The van der Waals surface area contributed by atoms with Crippen molar-refractivity contribution in [3.63, 3.8) is 0 Å². The van der Waals surface area contributed by atoms with Crippen molar-refractivity contribution in [3.8, 4) is 5.75 Å². The zero-order valence-electron chi connectivity index (χ0n) is 17.8. The van der Waals surface area contributed by atoms with Gasteiger partial charge in [0.2, 0.25) is 0 Å². The van der Waals surface area contributed by atoms with Crippen molar-refractivity contribution in [2.75, 3.05) is 31.5 Å². The maximum absolute atomic E-state index is 13.3. The second-order valence-electron chi connectivity index (χ2n) is 8.21. The van der Waals surface area contributed by atoms with Crippen molar-refractivity contribution in [2.45, 2.75) is 45.3 Å². The fraction of sp³-hybridized carbons (Fsp3) is 0.500. The van der Waals surface area contributed by atoms with E-state index in [-0.39, 0.29) is 11.7 Å². The van der Waals surface area contributed by atoms with Crippen LogP contribution in [0.25, 0.3) is 0 Å². The van der Waals surface area contributed by atoms with Crippen LogP contribution in [0.1, 0.15) is 42.2 Å². The molecule has 0 radical (unpaired) electrons. The van der Waals surface area contributed by atoms with Gasteiger partial charge in [-0.05, 0) is 50.4 Å². The molecular weight excluding hydrogens is 404 g/mol. The largest absolute Gasteiger partial charge is 0.433 e. The molecule has 31 heavy (non-hydrogen) atoms. The van der Waals surface area contributed by atoms with E-state index < -0.39 is 6.11 Å². The number of pyridine rings is 2. The number of aromatic nitrogens is 2. The summed E-state index contributed by atoms with van der Waals surface area (Å²) in [6, 6.07) is 6.70. The van der Waals surface area contributed by atoms with Crippen LogP contribution in [0.15, 0.2) is 30.5 Å². The summed E-state index contributed by atoms with van der Waals surface area (Å²) in [7, 11) is 0. The predicted octanol–water partition coefficient (Wildman–Crippen LogP) is 3.83. The van der Waals surface area contributed by atoms with Gasteiger partial charge in [0, 0.05) is 44.9 Å². The minimum absolute atomic E-state index is 0.0147. The normalized spacial score (nSPS) is 19.6. The fourth-order valence-corrected chi connectivity index (χ4v) is 4.24. The molecule has 1 amide bonds. The Balaban J connectivity index is 1.51. The standard InChI is InChI=1S/C22H27F2N5O2/c1-15-6-7-18(26-19-13-17(8-9-25-19)31-22(2,23)24)27-20(15)21(30)29-12-4-11-28-10-3-5-16(28)14-29/h6-9,13,16H,3-5,10-12,14H2,1-2H3,(H,25,26,27). The van der Waals surface area contributed by atoms with Crippen LogP contribution in [0.4, 0.5) is 20.4 Å². The molecule has 7 nitrogen and oxygen atoms in total. The molecule has 2 aliphatic rings. The Labute approximate surface area is 180 Å². The first kappa shape index (κ1) is 21.4. The van der Waals surface area contributed by atoms with E-state index in [0.29, 0.717) is 30.3 Å². The lowest BCUT2D eigenvalue weighted by Crippen LogP contribution is -2.40. The van der Waals surface area contributed by atoms with E-state index in [1.54, 1.807) is 6.07 Å². The SMILES string of the molecule is Cc1ccc(Nc2cc(OC(C)(F)F)ccn2)nc1C(=O)N1CCCN2CCCC2C1. The Kier molecular flexibility index (Phi) is 6.04. The molecular formula is C22H27F2N5O2. The van der Waals surface area contributed by atoms with Gasteiger partial charge in [0.15, 0.2) is 0 Å². The lowest BCUT2D eigenvalue weighted by Gasteiger charge is -2.26. The van der Waals surface area contributed by atoms with Gasteiger partial charge >= 0.3 is 6.11 Å². The number of nitrogens with zero attached hydrogens (tertiary/aromatic N) is 4. The number of hydrogen-bond donors (Lipinski definition) is 1. The van der Waals surface area contributed by atoms with E-state index in [1.165, 1.54) is 24.8 Å². The number of carbonyl (C=O) groups is 1. The minimum Gasteiger partial charge on any atom is -0.433 e. The fourth-order valence-electron chi connectivity index (χ4n) is 4.24. The first-order valence-electron chi connectivity index (χ1n) is 10.6. The molecule has 0 bridgehead atoms. The van der Waals surface area contributed by atoms with Crippen LogP contribution in [0.2, 0.25) is 0 Å². The number of ether oxygens (including phenoxy) is 1. The first-order chi connectivity index (χ1) is 14.8. The van der Waals surface area contributed by atoms with E-state index in [0.717, 1.165) is 44.6 Å². The number of fused-ring (bicyclic) bond motifs is 1. The van der Waals surface area contributed by atoms with E-state index in [9.17, 15) is 13.6 Å². The van der Waals surface area contributed by atoms with Crippen molar-refractivity contribution in [1.29, 1.82) is 0 Å². The molecule has 1 atom stereocenters. The molecule has 0 aliphatic carbocycles. The molecule has 2 aliphatic heterocycles. The Morgan fingerprint density at radius 1 is 1.19 bits per heavy atom. The van der Waals surface area contributed by atoms with E-state index in [2.05, 4.69) is 24.9 Å². The number of amides is 1. The highest BCUT2D eigenvalue weighted by Gasteiger charge is 2.31. The lowest BCUT2D eigenvalue weighted by atomic mass is 10.1. The molecule has 2 fully saturated rings. The molecule has 2 aromatic rings. The number of alkyl halides is 2. The second-order valence-corrected chi connectivity index (χ2v) is 8.21. The molecule has 0 saturated carbocycles. The third kappa shape index (κ3) is 5.28. The third-order valence-corrected chi connectivity index (χ3v) is 5.67. The van der Waals surface area contributed by atoms with E-state index in [1.807, 2.05) is 17.9 Å². The van der Waals surface area contributed by atoms with Crippen LogP contribution < -0.4 is 10.1 Å². The van der Waals surface area contributed by atoms with Gasteiger partial charge in [0.05, 0.1) is 0 Å². The molecule has 1 N–H and O–H groups in total. The summed E-state index contributed by atoms with van der Waals surface area (Å²) >= 11 is 0. The van der Waals surface area contributed by atoms with Crippen LogP contribution in [0.5, 0.6) is 5.75 Å². The highest BCUT2D eigenvalue weighted by Crippen LogP contribution is 2.25. The average molecular weight is 431 g/mol. The Bertz CT molecular complexity index is 950. The summed E-state index contributed by atoms with van der Waals surface area (Å²) in [6.07, 6.45) is 1.34. The molecule has 0 aromatic carbocycles. The minimum atomic E-state index is -3.29. The van der Waals surface area contributed by atoms with E-state index in [4.69, 9.17) is 0 Å². The van der Waals surface area contributed by atoms with Crippen LogP contribution in [0.3, 0.4) is 0 Å². The monoisotopic (exact) mass is 431 g/mol. The molecule has 166 valence electrons. The zero-order chi connectivity index (χ0) is 22.0. The third-order valence-electron chi connectivity index (χ3n) is 5.67. The summed E-state index contributed by atoms with van der Waals surface area (Å²) in [5.74, 6) is 0.622. The Morgan fingerprint density at radius 3 is 2.81 bits per heavy atom. The van der Waals surface area contributed by atoms with Gasteiger partial charge in [-0.25, -0.2) is 9.97 Å². The maximum atomic E-state index is 13.3. The van der Waals surface area contributed by atoms with Crippen LogP contribution in [0, 0.1) is 6.92 Å². The van der Waals surface area contributed by atoms with Crippen molar-refractivity contribution in [1.82, 2.24) is 19.8 Å². The quantitative estimate of drug-likeness (QED) is 0.776. The highest BCUT2D eigenvalue weighted by molar-refractivity contribution is 5.94. The molecule has 9 heteroatoms. The van der Waals surface area contributed by atoms with Gasteiger partial charge in [-0.1, -0.05) is 6.07 Å². The Hall–Kier alpha value is -2.81. The van der Waals surface area contributed by atoms with Gasteiger partial charge in [-0.3, -0.25) is 9.69 Å². The number of aryl methyl sites for hydroxylation is 1. The number of halogens is 2. The van der Waals surface area contributed by atoms with Gasteiger partial charge in [0.1, 0.15) is 23.1 Å². The van der Waals surface area contributed by atoms with Crippen molar-refractivity contribution >= 4 is 17.5 Å². The summed E-state index contributed by atoms with van der Waals surface area (Å²) < 4.78 is 30.8. The highest BCUT2D eigenvalue weighted by atomic mass is 19.3. The molecule has 4 heterocycles. The number of carbonyl (C=O) groups excluding carboxylic acids is 1. The molecule has 0 spiro atoms. The van der Waals surface area contributed by atoms with E-state index >= 15 is 0 Å². The van der Waals surface area contributed by atoms with Gasteiger partial charge < -0.3 is 15.0 Å².